The minimum atomic E-state index is -0.513. The number of primary amides is 1. The quantitative estimate of drug-likeness (QED) is 0.622. The number of halogens is 1. The number of ether oxygens (including phenoxy) is 1. The van der Waals surface area contributed by atoms with Crippen molar-refractivity contribution in [3.63, 3.8) is 0 Å². The van der Waals surface area contributed by atoms with E-state index in [1.165, 1.54) is 0 Å². The number of hydrogen-bond donors (Lipinski definition) is 1. The summed E-state index contributed by atoms with van der Waals surface area (Å²) in [7, 11) is 0. The zero-order chi connectivity index (χ0) is 22.5. The van der Waals surface area contributed by atoms with Crippen molar-refractivity contribution in [2.24, 2.45) is 5.73 Å². The summed E-state index contributed by atoms with van der Waals surface area (Å²) in [4.78, 5) is 32.8. The Morgan fingerprint density at radius 2 is 1.78 bits per heavy atom. The molecule has 2 heterocycles. The number of benzene rings is 2. The van der Waals surface area contributed by atoms with E-state index >= 15 is 0 Å². The molecule has 2 aromatic carbocycles. The molecule has 0 bridgehead atoms. The van der Waals surface area contributed by atoms with Crippen LogP contribution in [-0.2, 0) is 6.61 Å². The zero-order valence-corrected chi connectivity index (χ0v) is 18.2. The first-order chi connectivity index (χ1) is 15.5. The third kappa shape index (κ3) is 5.00. The third-order valence-corrected chi connectivity index (χ3v) is 5.53. The molecule has 1 aromatic heterocycles. The summed E-state index contributed by atoms with van der Waals surface area (Å²) in [6.45, 7) is 2.52. The van der Waals surface area contributed by atoms with Crippen LogP contribution < -0.4 is 15.4 Å². The van der Waals surface area contributed by atoms with Gasteiger partial charge in [0.1, 0.15) is 18.2 Å². The van der Waals surface area contributed by atoms with Gasteiger partial charge in [-0.05, 0) is 48.0 Å². The van der Waals surface area contributed by atoms with Crippen LogP contribution in [0, 0.1) is 0 Å². The molecular weight excluding hydrogens is 428 g/mol. The summed E-state index contributed by atoms with van der Waals surface area (Å²) in [6, 6.07) is 18.0. The fourth-order valence-electron chi connectivity index (χ4n) is 3.66. The molecule has 1 aliphatic heterocycles. The molecule has 8 heteroatoms. The summed E-state index contributed by atoms with van der Waals surface area (Å²) >= 11 is 6.02. The lowest BCUT2D eigenvalue weighted by atomic mass is 10.1. The highest BCUT2D eigenvalue weighted by Crippen LogP contribution is 2.21. The maximum atomic E-state index is 13.0. The van der Waals surface area contributed by atoms with Gasteiger partial charge >= 0.3 is 0 Å². The Balaban J connectivity index is 1.38. The van der Waals surface area contributed by atoms with E-state index in [1.54, 1.807) is 35.4 Å². The lowest BCUT2D eigenvalue weighted by Gasteiger charge is -2.36. The minimum absolute atomic E-state index is 0.0611. The van der Waals surface area contributed by atoms with Crippen LogP contribution in [0.5, 0.6) is 5.75 Å². The molecule has 0 aliphatic carbocycles. The van der Waals surface area contributed by atoms with Crippen LogP contribution in [0.25, 0.3) is 0 Å². The van der Waals surface area contributed by atoms with E-state index in [2.05, 4.69) is 4.98 Å². The summed E-state index contributed by atoms with van der Waals surface area (Å²) in [6.07, 6.45) is 1.63. The van der Waals surface area contributed by atoms with E-state index in [1.807, 2.05) is 41.3 Å². The number of amides is 2. The molecule has 1 aliphatic rings. The number of pyridine rings is 1. The molecule has 4 rings (SSSR count). The zero-order valence-electron chi connectivity index (χ0n) is 17.4. The Morgan fingerprint density at radius 1 is 1.00 bits per heavy atom. The molecule has 2 N–H and O–H groups in total. The van der Waals surface area contributed by atoms with Crippen LogP contribution >= 0.6 is 11.6 Å². The average molecular weight is 451 g/mol. The molecule has 1 fully saturated rings. The number of rotatable bonds is 6. The number of carbonyl (C=O) groups is 2. The molecule has 164 valence electrons. The molecule has 0 unspecified atom stereocenters. The molecular formula is C24H23ClN4O3. The maximum absolute atomic E-state index is 13.0. The third-order valence-electron chi connectivity index (χ3n) is 5.29. The van der Waals surface area contributed by atoms with Gasteiger partial charge in [-0.3, -0.25) is 9.59 Å². The predicted octanol–water partition coefficient (Wildman–Crippen LogP) is 3.38. The van der Waals surface area contributed by atoms with Crippen molar-refractivity contribution in [3.8, 4) is 5.75 Å². The van der Waals surface area contributed by atoms with Gasteiger partial charge in [0.2, 0.25) is 0 Å². The molecule has 2 amide bonds. The molecule has 1 saturated heterocycles. The summed E-state index contributed by atoms with van der Waals surface area (Å²) in [5, 5.41) is 0.655. The first-order valence-electron chi connectivity index (χ1n) is 10.3. The van der Waals surface area contributed by atoms with E-state index in [0.29, 0.717) is 60.5 Å². The van der Waals surface area contributed by atoms with Crippen LogP contribution in [0.3, 0.4) is 0 Å². The SMILES string of the molecule is NC(=O)c1cccnc1N1CCN(C(=O)c2cccc(OCc3cccc(Cl)c3)c2)CC1. The normalized spacial score (nSPS) is 13.7. The Labute approximate surface area is 191 Å². The Morgan fingerprint density at radius 3 is 2.53 bits per heavy atom. The first kappa shape index (κ1) is 21.6. The van der Waals surface area contributed by atoms with E-state index in [4.69, 9.17) is 22.1 Å². The lowest BCUT2D eigenvalue weighted by Crippen LogP contribution is -2.49. The van der Waals surface area contributed by atoms with Gasteiger partial charge < -0.3 is 20.3 Å². The van der Waals surface area contributed by atoms with E-state index in [-0.39, 0.29) is 5.91 Å². The Bertz CT molecular complexity index is 1130. The number of nitrogens with zero attached hydrogens (tertiary/aromatic N) is 3. The second kappa shape index (κ2) is 9.70. The largest absolute Gasteiger partial charge is 0.489 e. The maximum Gasteiger partial charge on any atom is 0.254 e. The van der Waals surface area contributed by atoms with Gasteiger partial charge in [0.25, 0.3) is 11.8 Å². The van der Waals surface area contributed by atoms with Crippen LogP contribution in [0.15, 0.2) is 66.9 Å². The predicted molar refractivity (Wildman–Crippen MR) is 123 cm³/mol. The monoisotopic (exact) mass is 450 g/mol. The highest BCUT2D eigenvalue weighted by atomic mass is 35.5. The van der Waals surface area contributed by atoms with Gasteiger partial charge in [-0.15, -0.1) is 0 Å². The van der Waals surface area contributed by atoms with Crippen LogP contribution in [-0.4, -0.2) is 47.9 Å². The number of piperazine rings is 1. The summed E-state index contributed by atoms with van der Waals surface area (Å²) in [5.74, 6) is 0.604. The average Bonchev–Trinajstić information content (AvgIpc) is 2.82. The second-order valence-electron chi connectivity index (χ2n) is 7.46. The van der Waals surface area contributed by atoms with Gasteiger partial charge in [-0.2, -0.15) is 0 Å². The number of nitrogens with two attached hydrogens (primary N) is 1. The van der Waals surface area contributed by atoms with Crippen molar-refractivity contribution in [3.05, 3.63) is 88.6 Å². The van der Waals surface area contributed by atoms with E-state index < -0.39 is 5.91 Å². The molecule has 0 saturated carbocycles. The number of carbonyl (C=O) groups excluding carboxylic acids is 2. The van der Waals surface area contributed by atoms with Crippen LogP contribution in [0.4, 0.5) is 5.82 Å². The topological polar surface area (TPSA) is 88.8 Å². The van der Waals surface area contributed by atoms with Gasteiger partial charge in [-0.25, -0.2) is 4.98 Å². The Hall–Kier alpha value is -3.58. The van der Waals surface area contributed by atoms with Gasteiger partial charge in [0.05, 0.1) is 5.56 Å². The number of anilines is 1. The van der Waals surface area contributed by atoms with Crippen molar-refractivity contribution < 1.29 is 14.3 Å². The highest BCUT2D eigenvalue weighted by molar-refractivity contribution is 6.30. The van der Waals surface area contributed by atoms with Crippen LogP contribution in [0.1, 0.15) is 26.3 Å². The smallest absolute Gasteiger partial charge is 0.254 e. The standard InChI is InChI=1S/C24H23ClN4O3/c25-19-6-1-4-17(14-19)16-32-20-7-2-5-18(15-20)24(31)29-12-10-28(11-13-29)23-21(22(26)30)8-3-9-27-23/h1-9,14-15H,10-13,16H2,(H2,26,30). The highest BCUT2D eigenvalue weighted by Gasteiger charge is 2.25. The minimum Gasteiger partial charge on any atom is -0.489 e. The lowest BCUT2D eigenvalue weighted by molar-refractivity contribution is 0.0745. The fraction of sp³-hybridized carbons (Fsp3) is 0.208. The van der Waals surface area contributed by atoms with Gasteiger partial charge in [0.15, 0.2) is 0 Å². The fourth-order valence-corrected chi connectivity index (χ4v) is 3.87. The Kier molecular flexibility index (Phi) is 6.56. The van der Waals surface area contributed by atoms with Crippen molar-refractivity contribution in [2.75, 3.05) is 31.1 Å². The van der Waals surface area contributed by atoms with Gasteiger partial charge in [0, 0.05) is 43.0 Å². The van der Waals surface area contributed by atoms with E-state index in [9.17, 15) is 9.59 Å². The molecule has 7 nitrogen and oxygen atoms in total. The van der Waals surface area contributed by atoms with Crippen molar-refractivity contribution >= 4 is 29.2 Å². The molecule has 0 spiro atoms. The molecule has 0 radical (unpaired) electrons. The second-order valence-corrected chi connectivity index (χ2v) is 7.90. The van der Waals surface area contributed by atoms with Crippen molar-refractivity contribution in [1.29, 1.82) is 0 Å². The number of aromatic nitrogens is 1. The first-order valence-corrected chi connectivity index (χ1v) is 10.7. The van der Waals surface area contributed by atoms with E-state index in [0.717, 1.165) is 5.56 Å². The molecule has 32 heavy (non-hydrogen) atoms. The number of hydrogen-bond acceptors (Lipinski definition) is 5. The molecule has 0 atom stereocenters. The van der Waals surface area contributed by atoms with Crippen molar-refractivity contribution in [1.82, 2.24) is 9.88 Å². The summed E-state index contributed by atoms with van der Waals surface area (Å²) in [5.41, 5.74) is 7.37. The molecule has 3 aromatic rings. The van der Waals surface area contributed by atoms with Crippen LogP contribution in [0.2, 0.25) is 5.02 Å². The van der Waals surface area contributed by atoms with Crippen molar-refractivity contribution in [2.45, 2.75) is 6.61 Å². The van der Waals surface area contributed by atoms with Gasteiger partial charge in [-0.1, -0.05) is 29.8 Å². The summed E-state index contributed by atoms with van der Waals surface area (Å²) < 4.78 is 5.85.